The molecular formula is C18H21N3O2S. The van der Waals surface area contributed by atoms with Gasteiger partial charge in [-0.3, -0.25) is 4.79 Å². The first-order valence-electron chi connectivity index (χ1n) is 8.36. The van der Waals surface area contributed by atoms with Gasteiger partial charge in [-0.1, -0.05) is 0 Å². The first-order chi connectivity index (χ1) is 11.7. The van der Waals surface area contributed by atoms with Gasteiger partial charge in [-0.05, 0) is 55.6 Å². The van der Waals surface area contributed by atoms with Crippen molar-refractivity contribution in [1.29, 1.82) is 0 Å². The summed E-state index contributed by atoms with van der Waals surface area (Å²) < 4.78 is 5.17. The minimum Gasteiger partial charge on any atom is -0.481 e. The van der Waals surface area contributed by atoms with E-state index < -0.39 is 0 Å². The van der Waals surface area contributed by atoms with Gasteiger partial charge >= 0.3 is 0 Å². The summed E-state index contributed by atoms with van der Waals surface area (Å²) in [4.78, 5) is 21.0. The van der Waals surface area contributed by atoms with Crippen molar-refractivity contribution in [2.75, 3.05) is 26.7 Å². The topological polar surface area (TPSA) is 54.5 Å². The van der Waals surface area contributed by atoms with Gasteiger partial charge in [0, 0.05) is 29.7 Å². The van der Waals surface area contributed by atoms with Crippen molar-refractivity contribution in [1.82, 2.24) is 15.2 Å². The Bertz CT molecular complexity index is 737. The largest absolute Gasteiger partial charge is 0.481 e. The maximum atomic E-state index is 12.6. The zero-order chi connectivity index (χ0) is 16.5. The standard InChI is InChI=1S/C18H21N3O2S/c1-23-17-10-13(4-7-19-17)15-2-3-16(24-15)18(22)20-14-11-21-8-5-12(14)6-9-21/h2-4,7,10,12,14H,5-6,8-9,11H2,1H3,(H,20,22). The van der Waals surface area contributed by atoms with Crippen molar-refractivity contribution in [3.63, 3.8) is 0 Å². The molecule has 126 valence electrons. The van der Waals surface area contributed by atoms with E-state index in [2.05, 4.69) is 15.2 Å². The molecular weight excluding hydrogens is 322 g/mol. The van der Waals surface area contributed by atoms with E-state index in [-0.39, 0.29) is 5.91 Å². The molecule has 24 heavy (non-hydrogen) atoms. The van der Waals surface area contributed by atoms with Gasteiger partial charge in [0.15, 0.2) is 0 Å². The number of nitrogens with one attached hydrogen (secondary N) is 1. The van der Waals surface area contributed by atoms with E-state index in [0.29, 0.717) is 17.8 Å². The van der Waals surface area contributed by atoms with Crippen molar-refractivity contribution in [2.45, 2.75) is 18.9 Å². The molecule has 5 nitrogen and oxygen atoms in total. The van der Waals surface area contributed by atoms with Crippen LogP contribution in [0.5, 0.6) is 5.88 Å². The number of hydrogen-bond acceptors (Lipinski definition) is 5. The Morgan fingerprint density at radius 2 is 2.17 bits per heavy atom. The van der Waals surface area contributed by atoms with Crippen LogP contribution in [0.25, 0.3) is 10.4 Å². The maximum absolute atomic E-state index is 12.6. The molecule has 6 heteroatoms. The van der Waals surface area contributed by atoms with Gasteiger partial charge in [-0.15, -0.1) is 11.3 Å². The molecule has 5 rings (SSSR count). The molecule has 1 amide bonds. The quantitative estimate of drug-likeness (QED) is 0.927. The van der Waals surface area contributed by atoms with Crippen LogP contribution in [-0.2, 0) is 0 Å². The molecule has 0 radical (unpaired) electrons. The number of amides is 1. The number of thiophene rings is 1. The number of piperidine rings is 3. The SMILES string of the molecule is COc1cc(-c2ccc(C(=O)NC3CN4CCC3CC4)s2)ccn1. The van der Waals surface area contributed by atoms with Gasteiger partial charge in [0.05, 0.1) is 12.0 Å². The Kier molecular flexibility index (Phi) is 4.24. The molecule has 3 saturated heterocycles. The highest BCUT2D eigenvalue weighted by molar-refractivity contribution is 7.17. The third-order valence-corrected chi connectivity index (χ3v) is 6.16. The molecule has 2 aromatic rings. The summed E-state index contributed by atoms with van der Waals surface area (Å²) in [6, 6.07) is 8.02. The monoisotopic (exact) mass is 343 g/mol. The fourth-order valence-corrected chi connectivity index (χ4v) is 4.56. The summed E-state index contributed by atoms with van der Waals surface area (Å²) in [5, 5.41) is 3.25. The molecule has 3 aliphatic heterocycles. The predicted octanol–water partition coefficient (Wildman–Crippen LogP) is 2.64. The number of aromatic nitrogens is 1. The Labute approximate surface area is 145 Å². The summed E-state index contributed by atoms with van der Waals surface area (Å²) in [5.74, 6) is 1.27. The molecule has 3 aliphatic rings. The third-order valence-electron chi connectivity index (χ3n) is 5.03. The van der Waals surface area contributed by atoms with Gasteiger partial charge in [0.25, 0.3) is 5.91 Å². The van der Waals surface area contributed by atoms with Gasteiger partial charge in [-0.2, -0.15) is 0 Å². The third kappa shape index (κ3) is 3.03. The first kappa shape index (κ1) is 15.6. The molecule has 1 atom stereocenters. The van der Waals surface area contributed by atoms with Crippen LogP contribution in [0.3, 0.4) is 0 Å². The van der Waals surface area contributed by atoms with Crippen molar-refractivity contribution < 1.29 is 9.53 Å². The maximum Gasteiger partial charge on any atom is 0.261 e. The summed E-state index contributed by atoms with van der Waals surface area (Å²) in [6.07, 6.45) is 4.13. The molecule has 0 spiro atoms. The highest BCUT2D eigenvalue weighted by Crippen LogP contribution is 2.31. The summed E-state index contributed by atoms with van der Waals surface area (Å²) in [6.45, 7) is 3.37. The van der Waals surface area contributed by atoms with Crippen LogP contribution in [0.1, 0.15) is 22.5 Å². The van der Waals surface area contributed by atoms with E-state index in [1.54, 1.807) is 13.3 Å². The minimum atomic E-state index is 0.0472. The molecule has 0 saturated carbocycles. The van der Waals surface area contributed by atoms with Crippen LogP contribution in [0, 0.1) is 5.92 Å². The second kappa shape index (κ2) is 6.53. The number of methoxy groups -OCH3 is 1. The lowest BCUT2D eigenvalue weighted by Crippen LogP contribution is -2.57. The highest BCUT2D eigenvalue weighted by Gasteiger charge is 2.35. The van der Waals surface area contributed by atoms with Crippen molar-refractivity contribution in [2.24, 2.45) is 5.92 Å². The van der Waals surface area contributed by atoms with Gasteiger partial charge in [0.2, 0.25) is 5.88 Å². The number of nitrogens with zero attached hydrogens (tertiary/aromatic N) is 2. The van der Waals surface area contributed by atoms with Gasteiger partial charge in [0.1, 0.15) is 0 Å². The summed E-state index contributed by atoms with van der Waals surface area (Å²) in [7, 11) is 1.60. The van der Waals surface area contributed by atoms with Crippen molar-refractivity contribution >= 4 is 17.2 Å². The highest BCUT2D eigenvalue weighted by atomic mass is 32.1. The average molecular weight is 343 g/mol. The van der Waals surface area contributed by atoms with Crippen LogP contribution in [0.4, 0.5) is 0 Å². The Balaban J connectivity index is 1.47. The van der Waals surface area contributed by atoms with Crippen LogP contribution in [-0.4, -0.2) is 48.6 Å². The second-order valence-electron chi connectivity index (χ2n) is 6.47. The number of carbonyl (C=O) groups is 1. The van der Waals surface area contributed by atoms with Crippen molar-refractivity contribution in [3.8, 4) is 16.3 Å². The predicted molar refractivity (Wildman–Crippen MR) is 94.5 cm³/mol. The zero-order valence-electron chi connectivity index (χ0n) is 13.7. The second-order valence-corrected chi connectivity index (χ2v) is 7.55. The number of pyridine rings is 1. The number of ether oxygens (including phenoxy) is 1. The Morgan fingerprint density at radius 1 is 1.33 bits per heavy atom. The smallest absolute Gasteiger partial charge is 0.261 e. The number of rotatable bonds is 4. The minimum absolute atomic E-state index is 0.0472. The number of carbonyl (C=O) groups excluding carboxylic acids is 1. The molecule has 2 aromatic heterocycles. The molecule has 0 aliphatic carbocycles. The molecule has 3 fully saturated rings. The van der Waals surface area contributed by atoms with Crippen LogP contribution >= 0.6 is 11.3 Å². The normalized spacial score (nSPS) is 25.5. The number of fused-ring (bicyclic) bond motifs is 3. The van der Waals surface area contributed by atoms with E-state index in [1.165, 1.54) is 37.3 Å². The first-order valence-corrected chi connectivity index (χ1v) is 9.18. The van der Waals surface area contributed by atoms with E-state index in [0.717, 1.165) is 21.9 Å². The van der Waals surface area contributed by atoms with E-state index in [4.69, 9.17) is 4.74 Å². The molecule has 2 bridgehead atoms. The van der Waals surface area contributed by atoms with E-state index in [9.17, 15) is 4.79 Å². The van der Waals surface area contributed by atoms with Crippen LogP contribution in [0.2, 0.25) is 0 Å². The Morgan fingerprint density at radius 3 is 2.88 bits per heavy atom. The van der Waals surface area contributed by atoms with Gasteiger partial charge in [-0.25, -0.2) is 4.98 Å². The lowest BCUT2D eigenvalue weighted by Gasteiger charge is -2.44. The molecule has 5 heterocycles. The molecule has 1 N–H and O–H groups in total. The average Bonchev–Trinajstić information content (AvgIpc) is 3.13. The van der Waals surface area contributed by atoms with E-state index >= 15 is 0 Å². The Hall–Kier alpha value is -1.92. The zero-order valence-corrected chi connectivity index (χ0v) is 14.5. The van der Waals surface area contributed by atoms with Crippen LogP contribution < -0.4 is 10.1 Å². The summed E-state index contributed by atoms with van der Waals surface area (Å²) >= 11 is 1.51. The lowest BCUT2D eigenvalue weighted by atomic mass is 9.84. The summed E-state index contributed by atoms with van der Waals surface area (Å²) in [5.41, 5.74) is 1.02. The molecule has 1 unspecified atom stereocenters. The van der Waals surface area contributed by atoms with Gasteiger partial charge < -0.3 is 15.0 Å². The molecule has 0 aromatic carbocycles. The fourth-order valence-electron chi connectivity index (χ4n) is 3.66. The van der Waals surface area contributed by atoms with Crippen LogP contribution in [0.15, 0.2) is 30.5 Å². The lowest BCUT2D eigenvalue weighted by molar-refractivity contribution is 0.0622. The van der Waals surface area contributed by atoms with E-state index in [1.807, 2.05) is 24.3 Å². The van der Waals surface area contributed by atoms with Crippen molar-refractivity contribution in [3.05, 3.63) is 35.3 Å². The fraction of sp³-hybridized carbons (Fsp3) is 0.444. The number of hydrogen-bond donors (Lipinski definition) is 1.